The first-order valence-electron chi connectivity index (χ1n) is 9.45. The standard InChI is InChI=1S/C21H24N2O8/c1-5-31-14(24)9-22-18(26)15-17(25)16(21(29)30)20(28)23(19(15)27)12(4)13-8-10(2)6-7-11(13)3/h6-8,12,25,28H,5,9H2,1-4H3,(H,22,26)(H,29,30). The third kappa shape index (κ3) is 4.68. The number of carbonyl (C=O) groups excluding carboxylic acids is 2. The van der Waals surface area contributed by atoms with Crippen LogP contribution in [0.3, 0.4) is 0 Å². The Hall–Kier alpha value is -3.82. The van der Waals surface area contributed by atoms with Crippen molar-refractivity contribution >= 4 is 17.8 Å². The summed E-state index contributed by atoms with van der Waals surface area (Å²) in [7, 11) is 0. The Kier molecular flexibility index (Phi) is 7.06. The van der Waals surface area contributed by atoms with Crippen LogP contribution in [-0.2, 0) is 9.53 Å². The van der Waals surface area contributed by atoms with Gasteiger partial charge in [0.15, 0.2) is 11.3 Å². The van der Waals surface area contributed by atoms with E-state index in [9.17, 15) is 34.5 Å². The molecule has 2 rings (SSSR count). The number of hydrogen-bond acceptors (Lipinski definition) is 7. The molecule has 0 bridgehead atoms. The van der Waals surface area contributed by atoms with Crippen molar-refractivity contribution in [1.29, 1.82) is 0 Å². The predicted octanol–water partition coefficient (Wildman–Crippen LogP) is 1.48. The SMILES string of the molecule is CCOC(=O)CNC(=O)c1c(O)c(C(=O)O)c(O)n(C(C)c2cc(C)ccc2C)c1=O. The molecule has 1 heterocycles. The summed E-state index contributed by atoms with van der Waals surface area (Å²) in [5, 5.41) is 32.4. The Morgan fingerprint density at radius 3 is 2.39 bits per heavy atom. The second-order valence-electron chi connectivity index (χ2n) is 6.93. The number of hydrogen-bond donors (Lipinski definition) is 4. The van der Waals surface area contributed by atoms with Crippen molar-refractivity contribution in [3.05, 3.63) is 56.4 Å². The molecule has 1 amide bonds. The molecule has 0 aliphatic carbocycles. The highest BCUT2D eigenvalue weighted by Crippen LogP contribution is 2.33. The zero-order valence-electron chi connectivity index (χ0n) is 17.6. The number of nitrogens with one attached hydrogen (secondary N) is 1. The predicted molar refractivity (Wildman–Crippen MR) is 110 cm³/mol. The van der Waals surface area contributed by atoms with E-state index in [4.69, 9.17) is 0 Å². The monoisotopic (exact) mass is 432 g/mol. The highest BCUT2D eigenvalue weighted by atomic mass is 16.5. The van der Waals surface area contributed by atoms with E-state index in [0.717, 1.165) is 15.7 Å². The molecule has 0 saturated carbocycles. The molecule has 0 radical (unpaired) electrons. The minimum absolute atomic E-state index is 0.0719. The van der Waals surface area contributed by atoms with Crippen LogP contribution in [0.5, 0.6) is 11.6 Å². The quantitative estimate of drug-likeness (QED) is 0.480. The van der Waals surface area contributed by atoms with Gasteiger partial charge in [0, 0.05) is 0 Å². The Balaban J connectivity index is 2.68. The Morgan fingerprint density at radius 1 is 1.16 bits per heavy atom. The number of carboxylic acids is 1. The molecule has 0 aliphatic rings. The Labute approximate surface area is 177 Å². The van der Waals surface area contributed by atoms with Gasteiger partial charge in [-0.1, -0.05) is 23.8 Å². The normalized spacial score (nSPS) is 11.6. The summed E-state index contributed by atoms with van der Waals surface area (Å²) in [6, 6.07) is 4.54. The van der Waals surface area contributed by atoms with E-state index >= 15 is 0 Å². The van der Waals surface area contributed by atoms with Crippen LogP contribution in [0.25, 0.3) is 0 Å². The van der Waals surface area contributed by atoms with Gasteiger partial charge in [0.2, 0.25) is 5.88 Å². The lowest BCUT2D eigenvalue weighted by atomic mass is 9.99. The number of carboxylic acid groups (broad SMARTS) is 1. The maximum absolute atomic E-state index is 13.1. The zero-order valence-corrected chi connectivity index (χ0v) is 17.6. The van der Waals surface area contributed by atoms with Crippen molar-refractivity contribution < 1.29 is 34.4 Å². The summed E-state index contributed by atoms with van der Waals surface area (Å²) < 4.78 is 5.41. The van der Waals surface area contributed by atoms with Gasteiger partial charge in [0.05, 0.1) is 12.6 Å². The maximum Gasteiger partial charge on any atom is 0.345 e. The third-order valence-electron chi connectivity index (χ3n) is 4.77. The molecule has 10 nitrogen and oxygen atoms in total. The third-order valence-corrected chi connectivity index (χ3v) is 4.77. The molecule has 1 atom stereocenters. The molecule has 1 aromatic heterocycles. The van der Waals surface area contributed by atoms with Gasteiger partial charge in [-0.25, -0.2) is 4.79 Å². The summed E-state index contributed by atoms with van der Waals surface area (Å²) in [5.74, 6) is -5.89. The molecule has 4 N–H and O–H groups in total. The molecule has 31 heavy (non-hydrogen) atoms. The largest absolute Gasteiger partial charge is 0.506 e. The number of aromatic nitrogens is 1. The topological polar surface area (TPSA) is 155 Å². The summed E-state index contributed by atoms with van der Waals surface area (Å²) in [6.45, 7) is 6.19. The van der Waals surface area contributed by atoms with E-state index in [-0.39, 0.29) is 6.61 Å². The van der Waals surface area contributed by atoms with E-state index < -0.39 is 58.7 Å². The van der Waals surface area contributed by atoms with Crippen molar-refractivity contribution in [1.82, 2.24) is 9.88 Å². The molecule has 10 heteroatoms. The number of ether oxygens (including phenoxy) is 1. The van der Waals surface area contributed by atoms with Gasteiger partial charge >= 0.3 is 11.9 Å². The minimum Gasteiger partial charge on any atom is -0.506 e. The molecule has 0 aliphatic heterocycles. The first kappa shape index (κ1) is 23.5. The van der Waals surface area contributed by atoms with E-state index in [1.165, 1.54) is 0 Å². The maximum atomic E-state index is 13.1. The second-order valence-corrected chi connectivity index (χ2v) is 6.93. The molecule has 166 valence electrons. The molecule has 1 aromatic carbocycles. The minimum atomic E-state index is -1.74. The number of pyridine rings is 1. The van der Waals surface area contributed by atoms with Crippen LogP contribution in [0, 0.1) is 13.8 Å². The van der Waals surface area contributed by atoms with Crippen molar-refractivity contribution in [3.8, 4) is 11.6 Å². The first-order valence-corrected chi connectivity index (χ1v) is 9.45. The molecular formula is C21H24N2O8. The molecule has 2 aromatic rings. The highest BCUT2D eigenvalue weighted by molar-refractivity contribution is 6.03. The van der Waals surface area contributed by atoms with Crippen molar-refractivity contribution in [3.63, 3.8) is 0 Å². The molecule has 0 saturated heterocycles. The van der Waals surface area contributed by atoms with Crippen LogP contribution >= 0.6 is 0 Å². The van der Waals surface area contributed by atoms with Gasteiger partial charge in [-0.3, -0.25) is 19.0 Å². The number of rotatable bonds is 7. The number of benzene rings is 1. The highest BCUT2D eigenvalue weighted by Gasteiger charge is 2.32. The lowest BCUT2D eigenvalue weighted by Crippen LogP contribution is -2.38. The van der Waals surface area contributed by atoms with E-state index in [2.05, 4.69) is 10.1 Å². The lowest BCUT2D eigenvalue weighted by molar-refractivity contribution is -0.141. The van der Waals surface area contributed by atoms with Crippen LogP contribution in [-0.4, -0.2) is 50.9 Å². The fraction of sp³-hybridized carbons (Fsp3) is 0.333. The van der Waals surface area contributed by atoms with Crippen LogP contribution in [0.4, 0.5) is 0 Å². The average molecular weight is 432 g/mol. The summed E-state index contributed by atoms with van der Waals surface area (Å²) in [6.07, 6.45) is 0. The molecular weight excluding hydrogens is 408 g/mol. The number of aryl methyl sites for hydroxylation is 2. The van der Waals surface area contributed by atoms with Gasteiger partial charge in [-0.2, -0.15) is 0 Å². The van der Waals surface area contributed by atoms with E-state index in [1.807, 2.05) is 13.0 Å². The van der Waals surface area contributed by atoms with Crippen molar-refractivity contribution in [2.45, 2.75) is 33.7 Å². The van der Waals surface area contributed by atoms with Crippen molar-refractivity contribution in [2.75, 3.05) is 13.2 Å². The van der Waals surface area contributed by atoms with Gasteiger partial charge in [0.25, 0.3) is 11.5 Å². The van der Waals surface area contributed by atoms with Gasteiger partial charge in [0.1, 0.15) is 12.1 Å². The van der Waals surface area contributed by atoms with Crippen LogP contribution in [0.15, 0.2) is 23.0 Å². The first-order chi connectivity index (χ1) is 14.5. The molecule has 0 fully saturated rings. The average Bonchev–Trinajstić information content (AvgIpc) is 2.67. The van der Waals surface area contributed by atoms with Gasteiger partial charge in [-0.15, -0.1) is 0 Å². The van der Waals surface area contributed by atoms with Crippen molar-refractivity contribution in [2.24, 2.45) is 0 Å². The van der Waals surface area contributed by atoms with Crippen LogP contribution in [0.2, 0.25) is 0 Å². The molecule has 0 spiro atoms. The number of carbonyl (C=O) groups is 3. The Bertz CT molecular complexity index is 1100. The van der Waals surface area contributed by atoms with E-state index in [1.54, 1.807) is 32.9 Å². The summed E-state index contributed by atoms with van der Waals surface area (Å²) in [4.78, 5) is 48.8. The fourth-order valence-electron chi connectivity index (χ4n) is 3.23. The Morgan fingerprint density at radius 2 is 1.81 bits per heavy atom. The molecule has 1 unspecified atom stereocenters. The summed E-state index contributed by atoms with van der Waals surface area (Å²) in [5.41, 5.74) is -0.783. The van der Waals surface area contributed by atoms with Crippen LogP contribution in [0.1, 0.15) is 57.3 Å². The van der Waals surface area contributed by atoms with E-state index in [0.29, 0.717) is 5.56 Å². The lowest BCUT2D eigenvalue weighted by Gasteiger charge is -2.22. The number of aromatic hydroxyl groups is 2. The number of esters is 1. The second kappa shape index (κ2) is 9.33. The van der Waals surface area contributed by atoms with Crippen LogP contribution < -0.4 is 10.9 Å². The van der Waals surface area contributed by atoms with Gasteiger partial charge in [-0.05, 0) is 38.8 Å². The number of nitrogens with zero attached hydrogens (tertiary/aromatic N) is 1. The zero-order chi connectivity index (χ0) is 23.5. The fourth-order valence-corrected chi connectivity index (χ4v) is 3.23. The smallest absolute Gasteiger partial charge is 0.345 e. The number of aromatic carboxylic acids is 1. The summed E-state index contributed by atoms with van der Waals surface area (Å²) >= 11 is 0. The number of amides is 1. The van der Waals surface area contributed by atoms with Gasteiger partial charge < -0.3 is 25.4 Å².